The summed E-state index contributed by atoms with van der Waals surface area (Å²) in [6.45, 7) is 0. The molecule has 5 heteroatoms. The smallest absolute Gasteiger partial charge is 0.153 e. The highest BCUT2D eigenvalue weighted by Crippen LogP contribution is 2.38. The van der Waals surface area contributed by atoms with Gasteiger partial charge >= 0.3 is 0 Å². The lowest BCUT2D eigenvalue weighted by atomic mass is 10.0. The Kier molecular flexibility index (Phi) is 2.81. The molecule has 0 saturated carbocycles. The van der Waals surface area contributed by atoms with Crippen molar-refractivity contribution in [3.63, 3.8) is 0 Å². The number of halogens is 1. The highest BCUT2D eigenvalue weighted by Gasteiger charge is 2.16. The van der Waals surface area contributed by atoms with Crippen molar-refractivity contribution in [2.75, 3.05) is 5.73 Å². The van der Waals surface area contributed by atoms with Gasteiger partial charge in [-0.1, -0.05) is 29.8 Å². The van der Waals surface area contributed by atoms with Gasteiger partial charge in [-0.2, -0.15) is 16.4 Å². The zero-order chi connectivity index (χ0) is 12.5. The van der Waals surface area contributed by atoms with E-state index >= 15 is 0 Å². The van der Waals surface area contributed by atoms with Crippen LogP contribution in [0.5, 0.6) is 0 Å². The van der Waals surface area contributed by atoms with Crippen molar-refractivity contribution >= 4 is 28.8 Å². The first kappa shape index (κ1) is 11.3. The third-order valence-electron chi connectivity index (χ3n) is 2.75. The number of hydrogen-bond acceptors (Lipinski definition) is 3. The van der Waals surface area contributed by atoms with Crippen LogP contribution in [0.2, 0.25) is 5.02 Å². The lowest BCUT2D eigenvalue weighted by Crippen LogP contribution is -1.89. The van der Waals surface area contributed by atoms with Crippen LogP contribution in [0, 0.1) is 0 Å². The molecular formula is C13H10ClN3S. The van der Waals surface area contributed by atoms with Crippen LogP contribution in [0.15, 0.2) is 41.1 Å². The topological polar surface area (TPSA) is 54.7 Å². The molecule has 90 valence electrons. The molecule has 0 saturated heterocycles. The second-order valence-corrected chi connectivity index (χ2v) is 5.04. The fraction of sp³-hybridized carbons (Fsp3) is 0. The van der Waals surface area contributed by atoms with E-state index in [1.54, 1.807) is 11.3 Å². The molecular weight excluding hydrogens is 266 g/mol. The maximum Gasteiger partial charge on any atom is 0.153 e. The van der Waals surface area contributed by atoms with Crippen LogP contribution in [-0.2, 0) is 0 Å². The predicted octanol–water partition coefficient (Wildman–Crippen LogP) is 4.04. The van der Waals surface area contributed by atoms with Crippen LogP contribution >= 0.6 is 22.9 Å². The van der Waals surface area contributed by atoms with Gasteiger partial charge in [-0.15, -0.1) is 0 Å². The average Bonchev–Trinajstić information content (AvgIpc) is 2.99. The van der Waals surface area contributed by atoms with Gasteiger partial charge in [0.1, 0.15) is 0 Å². The van der Waals surface area contributed by atoms with Gasteiger partial charge in [0.05, 0.1) is 11.3 Å². The number of aromatic amines is 1. The number of rotatable bonds is 2. The molecule has 0 aliphatic heterocycles. The zero-order valence-corrected chi connectivity index (χ0v) is 10.9. The van der Waals surface area contributed by atoms with Gasteiger partial charge in [0, 0.05) is 21.5 Å². The lowest BCUT2D eigenvalue weighted by Gasteiger charge is -2.05. The number of nitrogen functional groups attached to an aromatic ring is 1. The normalized spacial score (nSPS) is 10.7. The van der Waals surface area contributed by atoms with Gasteiger partial charge in [-0.25, -0.2) is 0 Å². The molecule has 0 aliphatic carbocycles. The van der Waals surface area contributed by atoms with Crippen molar-refractivity contribution < 1.29 is 0 Å². The average molecular weight is 276 g/mol. The molecule has 2 heterocycles. The Hall–Kier alpha value is -1.78. The van der Waals surface area contributed by atoms with Crippen molar-refractivity contribution in [2.45, 2.75) is 0 Å². The summed E-state index contributed by atoms with van der Waals surface area (Å²) >= 11 is 7.86. The minimum absolute atomic E-state index is 0.462. The standard InChI is InChI=1S/C13H10ClN3S/c14-10-4-2-1-3-9(10)11-12(16-17-13(11)15)8-5-6-18-7-8/h1-7H,(H3,15,16,17). The number of H-pyrrole nitrogens is 1. The molecule has 0 bridgehead atoms. The monoisotopic (exact) mass is 275 g/mol. The Morgan fingerprint density at radius 1 is 1.22 bits per heavy atom. The largest absolute Gasteiger partial charge is 0.382 e. The quantitative estimate of drug-likeness (QED) is 0.741. The van der Waals surface area contributed by atoms with Crippen molar-refractivity contribution in [3.05, 3.63) is 46.1 Å². The van der Waals surface area contributed by atoms with Crippen LogP contribution < -0.4 is 5.73 Å². The van der Waals surface area contributed by atoms with E-state index in [4.69, 9.17) is 17.3 Å². The van der Waals surface area contributed by atoms with E-state index in [1.165, 1.54) is 0 Å². The number of nitrogens with two attached hydrogens (primary N) is 1. The summed E-state index contributed by atoms with van der Waals surface area (Å²) in [5.74, 6) is 0.462. The Morgan fingerprint density at radius 3 is 2.78 bits per heavy atom. The number of nitrogens with one attached hydrogen (secondary N) is 1. The Balaban J connectivity index is 2.24. The Morgan fingerprint density at radius 2 is 2.06 bits per heavy atom. The molecule has 3 aromatic rings. The number of aromatic nitrogens is 2. The van der Waals surface area contributed by atoms with Crippen LogP contribution in [0.3, 0.4) is 0 Å². The maximum absolute atomic E-state index is 6.23. The molecule has 3 nitrogen and oxygen atoms in total. The third-order valence-corrected chi connectivity index (χ3v) is 3.76. The number of thiophene rings is 1. The summed E-state index contributed by atoms with van der Waals surface area (Å²) < 4.78 is 0. The summed E-state index contributed by atoms with van der Waals surface area (Å²) in [6, 6.07) is 9.65. The number of benzene rings is 1. The molecule has 0 spiro atoms. The second-order valence-electron chi connectivity index (χ2n) is 3.85. The van der Waals surface area contributed by atoms with E-state index in [-0.39, 0.29) is 0 Å². The van der Waals surface area contributed by atoms with E-state index in [9.17, 15) is 0 Å². The van der Waals surface area contributed by atoms with Gasteiger partial charge < -0.3 is 5.73 Å². The molecule has 3 rings (SSSR count). The van der Waals surface area contributed by atoms with Gasteiger partial charge in [0.15, 0.2) is 5.82 Å². The van der Waals surface area contributed by atoms with E-state index in [0.29, 0.717) is 10.8 Å². The fourth-order valence-electron chi connectivity index (χ4n) is 1.91. The van der Waals surface area contributed by atoms with Gasteiger partial charge in [-0.05, 0) is 17.5 Å². The maximum atomic E-state index is 6.23. The van der Waals surface area contributed by atoms with E-state index in [1.807, 2.05) is 41.1 Å². The van der Waals surface area contributed by atoms with Crippen molar-refractivity contribution in [2.24, 2.45) is 0 Å². The Bertz CT molecular complexity index is 673. The van der Waals surface area contributed by atoms with Crippen molar-refractivity contribution in [1.29, 1.82) is 0 Å². The van der Waals surface area contributed by atoms with Crippen LogP contribution in [-0.4, -0.2) is 10.2 Å². The van der Waals surface area contributed by atoms with Gasteiger partial charge in [0.25, 0.3) is 0 Å². The highest BCUT2D eigenvalue weighted by molar-refractivity contribution is 7.08. The molecule has 0 fully saturated rings. The number of hydrogen-bond donors (Lipinski definition) is 2. The summed E-state index contributed by atoms with van der Waals surface area (Å²) in [6.07, 6.45) is 0. The SMILES string of the molecule is Nc1n[nH]c(-c2ccsc2)c1-c1ccccc1Cl. The van der Waals surface area contributed by atoms with Crippen molar-refractivity contribution in [1.82, 2.24) is 10.2 Å². The van der Waals surface area contributed by atoms with Gasteiger partial charge in [-0.3, -0.25) is 5.10 Å². The highest BCUT2D eigenvalue weighted by atomic mass is 35.5. The fourth-order valence-corrected chi connectivity index (χ4v) is 2.79. The molecule has 0 radical (unpaired) electrons. The predicted molar refractivity (Wildman–Crippen MR) is 76.8 cm³/mol. The molecule has 18 heavy (non-hydrogen) atoms. The van der Waals surface area contributed by atoms with Gasteiger partial charge in [0.2, 0.25) is 0 Å². The second kappa shape index (κ2) is 4.48. The van der Waals surface area contributed by atoms with E-state index in [2.05, 4.69) is 10.2 Å². The van der Waals surface area contributed by atoms with E-state index in [0.717, 1.165) is 22.4 Å². The number of nitrogens with zero attached hydrogens (tertiary/aromatic N) is 1. The van der Waals surface area contributed by atoms with Crippen LogP contribution in [0.1, 0.15) is 0 Å². The minimum atomic E-state index is 0.462. The first-order valence-electron chi connectivity index (χ1n) is 5.38. The molecule has 0 aliphatic rings. The molecule has 0 unspecified atom stereocenters. The van der Waals surface area contributed by atoms with Crippen LogP contribution in [0.4, 0.5) is 5.82 Å². The first-order chi connectivity index (χ1) is 8.77. The first-order valence-corrected chi connectivity index (χ1v) is 6.71. The molecule has 2 aromatic heterocycles. The third kappa shape index (κ3) is 1.79. The zero-order valence-electron chi connectivity index (χ0n) is 9.35. The summed E-state index contributed by atoms with van der Waals surface area (Å²) in [4.78, 5) is 0. The van der Waals surface area contributed by atoms with Crippen LogP contribution in [0.25, 0.3) is 22.4 Å². The summed E-state index contributed by atoms with van der Waals surface area (Å²) in [5.41, 5.74) is 9.68. The summed E-state index contributed by atoms with van der Waals surface area (Å²) in [5, 5.41) is 11.8. The molecule has 0 atom stereocenters. The lowest BCUT2D eigenvalue weighted by molar-refractivity contribution is 1.10. The van der Waals surface area contributed by atoms with Crippen molar-refractivity contribution in [3.8, 4) is 22.4 Å². The molecule has 3 N–H and O–H groups in total. The minimum Gasteiger partial charge on any atom is -0.382 e. The number of anilines is 1. The molecule has 1 aromatic carbocycles. The molecule has 0 amide bonds. The summed E-state index contributed by atoms with van der Waals surface area (Å²) in [7, 11) is 0. The Labute approximate surface area is 113 Å². The van der Waals surface area contributed by atoms with E-state index < -0.39 is 0 Å².